The van der Waals surface area contributed by atoms with Crippen LogP contribution in [0, 0.1) is 5.82 Å². The topological polar surface area (TPSA) is 32.3 Å². The lowest BCUT2D eigenvalue weighted by molar-refractivity contribution is 0.427. The zero-order valence-electron chi connectivity index (χ0n) is 9.55. The Morgan fingerprint density at radius 3 is 2.37 bits per heavy atom. The number of anilines is 1. The lowest BCUT2D eigenvalue weighted by Crippen LogP contribution is -2.02. The van der Waals surface area contributed by atoms with Crippen LogP contribution in [0.5, 0.6) is 5.75 Å². The molecular formula is C13H9Br3FNO. The van der Waals surface area contributed by atoms with Crippen molar-refractivity contribution < 1.29 is 9.50 Å². The van der Waals surface area contributed by atoms with Crippen LogP contribution in [-0.4, -0.2) is 5.11 Å². The van der Waals surface area contributed by atoms with E-state index >= 15 is 0 Å². The molecule has 0 fully saturated rings. The van der Waals surface area contributed by atoms with Gasteiger partial charge in [-0.25, -0.2) is 4.39 Å². The van der Waals surface area contributed by atoms with Crippen molar-refractivity contribution in [2.75, 3.05) is 5.32 Å². The lowest BCUT2D eigenvalue weighted by Gasteiger charge is -2.12. The summed E-state index contributed by atoms with van der Waals surface area (Å²) in [6.45, 7) is 0.322. The summed E-state index contributed by atoms with van der Waals surface area (Å²) in [5.41, 5.74) is 1.34. The minimum absolute atomic E-state index is 0.320. The smallest absolute Gasteiger partial charge is 0.165 e. The van der Waals surface area contributed by atoms with Gasteiger partial charge in [0.2, 0.25) is 0 Å². The van der Waals surface area contributed by atoms with Crippen LogP contribution in [-0.2, 0) is 6.54 Å². The van der Waals surface area contributed by atoms with E-state index in [2.05, 4.69) is 53.1 Å². The molecule has 2 N–H and O–H groups in total. The summed E-state index contributed by atoms with van der Waals surface area (Å²) >= 11 is 10.3. The first-order valence-corrected chi connectivity index (χ1v) is 7.71. The van der Waals surface area contributed by atoms with Crippen LogP contribution in [0.25, 0.3) is 0 Å². The number of aromatic hydroxyl groups is 1. The second-order valence-corrected chi connectivity index (χ2v) is 6.47. The largest absolute Gasteiger partial charge is 0.505 e. The molecular weight excluding hydrogens is 445 g/mol. The maximum Gasteiger partial charge on any atom is 0.165 e. The molecule has 0 atom stereocenters. The first-order valence-electron chi connectivity index (χ1n) is 5.34. The Labute approximate surface area is 135 Å². The minimum atomic E-state index is -0.617. The molecule has 6 heteroatoms. The Morgan fingerprint density at radius 2 is 1.74 bits per heavy atom. The molecule has 0 aliphatic rings. The zero-order valence-corrected chi connectivity index (χ0v) is 14.3. The highest BCUT2D eigenvalue weighted by molar-refractivity contribution is 9.11. The predicted molar refractivity (Wildman–Crippen MR) is 84.9 cm³/mol. The van der Waals surface area contributed by atoms with E-state index in [-0.39, 0.29) is 5.75 Å². The van der Waals surface area contributed by atoms with E-state index in [4.69, 9.17) is 0 Å². The second kappa shape index (κ2) is 6.24. The van der Waals surface area contributed by atoms with Gasteiger partial charge in [0.25, 0.3) is 0 Å². The molecule has 0 unspecified atom stereocenters. The monoisotopic (exact) mass is 451 g/mol. The van der Waals surface area contributed by atoms with Gasteiger partial charge in [0, 0.05) is 25.5 Å². The molecule has 0 spiro atoms. The van der Waals surface area contributed by atoms with Gasteiger partial charge in [-0.1, -0.05) is 28.1 Å². The third-order valence-electron chi connectivity index (χ3n) is 2.53. The van der Waals surface area contributed by atoms with E-state index in [1.807, 2.05) is 12.1 Å². The maximum absolute atomic E-state index is 13.2. The molecule has 2 rings (SSSR count). The first-order chi connectivity index (χ1) is 8.99. The number of benzene rings is 2. The number of halogens is 4. The molecule has 19 heavy (non-hydrogen) atoms. The van der Waals surface area contributed by atoms with Gasteiger partial charge in [-0.05, 0) is 50.1 Å². The molecule has 2 aromatic rings. The van der Waals surface area contributed by atoms with Crippen molar-refractivity contribution in [2.45, 2.75) is 6.54 Å². The average Bonchev–Trinajstić information content (AvgIpc) is 2.33. The zero-order chi connectivity index (χ0) is 14.0. The normalized spacial score (nSPS) is 10.5. The average molecular weight is 454 g/mol. The Balaban J connectivity index is 2.22. The van der Waals surface area contributed by atoms with Crippen molar-refractivity contribution in [3.8, 4) is 5.75 Å². The molecule has 0 aliphatic heterocycles. The predicted octanol–water partition coefficient (Wildman–Crippen LogP) is 5.43. The maximum atomic E-state index is 13.2. The van der Waals surface area contributed by atoms with Crippen LogP contribution in [0.1, 0.15) is 5.56 Å². The highest BCUT2D eigenvalue weighted by Gasteiger charge is 2.09. The lowest BCUT2D eigenvalue weighted by atomic mass is 10.2. The molecule has 0 radical (unpaired) electrons. The minimum Gasteiger partial charge on any atom is -0.505 e. The Bertz CT molecular complexity index is 596. The number of hydrogen-bond acceptors (Lipinski definition) is 2. The molecule has 0 saturated carbocycles. The van der Waals surface area contributed by atoms with Crippen molar-refractivity contribution in [3.05, 3.63) is 55.1 Å². The third kappa shape index (κ3) is 3.49. The fourth-order valence-corrected chi connectivity index (χ4v) is 4.14. The fraction of sp³-hybridized carbons (Fsp3) is 0.0769. The summed E-state index contributed by atoms with van der Waals surface area (Å²) < 4.78 is 15.9. The summed E-state index contributed by atoms with van der Waals surface area (Å²) in [5.74, 6) is -0.937. The summed E-state index contributed by atoms with van der Waals surface area (Å²) in [5, 5.41) is 12.8. The Kier molecular flexibility index (Phi) is 4.86. The fourth-order valence-electron chi connectivity index (χ4n) is 1.60. The van der Waals surface area contributed by atoms with Crippen LogP contribution in [0.2, 0.25) is 0 Å². The van der Waals surface area contributed by atoms with Crippen LogP contribution >= 0.6 is 47.8 Å². The van der Waals surface area contributed by atoms with Gasteiger partial charge in [0.15, 0.2) is 11.6 Å². The summed E-state index contributed by atoms with van der Waals surface area (Å²) in [6, 6.07) is 8.27. The number of phenolic OH excluding ortho intramolecular Hbond substituents is 1. The molecule has 2 nitrogen and oxygen atoms in total. The van der Waals surface area contributed by atoms with Gasteiger partial charge in [0.05, 0.1) is 5.69 Å². The standard InChI is InChI=1S/C13H9Br3FNO/c14-8-4-9(15)12(10(16)5-8)18-6-7-2-1-3-11(17)13(7)19/h1-5,18-19H,6H2. The van der Waals surface area contributed by atoms with Gasteiger partial charge in [0.1, 0.15) is 0 Å². The summed E-state index contributed by atoms with van der Waals surface area (Å²) in [4.78, 5) is 0. The van der Waals surface area contributed by atoms with Crippen molar-refractivity contribution in [3.63, 3.8) is 0 Å². The van der Waals surface area contributed by atoms with Crippen molar-refractivity contribution in [1.29, 1.82) is 0 Å². The number of nitrogens with one attached hydrogen (secondary N) is 1. The molecule has 0 heterocycles. The van der Waals surface area contributed by atoms with Crippen molar-refractivity contribution in [2.24, 2.45) is 0 Å². The number of hydrogen-bond donors (Lipinski definition) is 2. The quantitative estimate of drug-likeness (QED) is 0.649. The van der Waals surface area contributed by atoms with E-state index in [0.717, 1.165) is 19.1 Å². The highest BCUT2D eigenvalue weighted by atomic mass is 79.9. The van der Waals surface area contributed by atoms with E-state index in [1.54, 1.807) is 12.1 Å². The molecule has 0 aliphatic carbocycles. The van der Waals surface area contributed by atoms with Crippen molar-refractivity contribution >= 4 is 53.5 Å². The molecule has 0 bridgehead atoms. The van der Waals surface area contributed by atoms with Gasteiger partial charge in [-0.2, -0.15) is 0 Å². The Hall–Kier alpha value is -0.590. The van der Waals surface area contributed by atoms with Gasteiger partial charge in [-0.15, -0.1) is 0 Å². The number of phenols is 1. The Morgan fingerprint density at radius 1 is 1.11 bits per heavy atom. The van der Waals surface area contributed by atoms with Gasteiger partial charge < -0.3 is 10.4 Å². The van der Waals surface area contributed by atoms with E-state index in [0.29, 0.717) is 12.1 Å². The molecule has 0 saturated heterocycles. The van der Waals surface area contributed by atoms with Crippen LogP contribution in [0.4, 0.5) is 10.1 Å². The van der Waals surface area contributed by atoms with E-state index in [1.165, 1.54) is 6.07 Å². The molecule has 0 aromatic heterocycles. The molecule has 100 valence electrons. The second-order valence-electron chi connectivity index (χ2n) is 3.85. The third-order valence-corrected chi connectivity index (χ3v) is 4.24. The molecule has 0 amide bonds. The van der Waals surface area contributed by atoms with Crippen molar-refractivity contribution in [1.82, 2.24) is 0 Å². The molecule has 2 aromatic carbocycles. The number of para-hydroxylation sites is 1. The van der Waals surface area contributed by atoms with Gasteiger partial charge in [-0.3, -0.25) is 0 Å². The van der Waals surface area contributed by atoms with Crippen LogP contribution < -0.4 is 5.32 Å². The van der Waals surface area contributed by atoms with E-state index < -0.39 is 5.82 Å². The summed E-state index contributed by atoms with van der Waals surface area (Å²) in [7, 11) is 0. The summed E-state index contributed by atoms with van der Waals surface area (Å²) in [6.07, 6.45) is 0. The highest BCUT2D eigenvalue weighted by Crippen LogP contribution is 2.35. The van der Waals surface area contributed by atoms with Crippen LogP contribution in [0.3, 0.4) is 0 Å². The first kappa shape index (κ1) is 14.8. The van der Waals surface area contributed by atoms with Crippen LogP contribution in [0.15, 0.2) is 43.7 Å². The SMILES string of the molecule is Oc1c(F)cccc1CNc1c(Br)cc(Br)cc1Br. The van der Waals surface area contributed by atoms with E-state index in [9.17, 15) is 9.50 Å². The van der Waals surface area contributed by atoms with Gasteiger partial charge >= 0.3 is 0 Å². The number of rotatable bonds is 3.